The largest absolute Gasteiger partial charge is 0.421 e. The van der Waals surface area contributed by atoms with Crippen LogP contribution in [0.5, 0.6) is 0 Å². The number of carbonyl (C=O) groups excluding carboxylic acids is 3. The Balaban J connectivity index is 2.40. The summed E-state index contributed by atoms with van der Waals surface area (Å²) >= 11 is 3.04. The number of fused-ring (bicyclic) bond motifs is 1. The molecular weight excluding hydrogens is 312 g/mol. The predicted octanol–water partition coefficient (Wildman–Crippen LogP) is 3.02. The van der Waals surface area contributed by atoms with Gasteiger partial charge in [0, 0.05) is 17.5 Å². The second-order valence-corrected chi connectivity index (χ2v) is 4.86. The Morgan fingerprint density at radius 2 is 1.74 bits per heavy atom. The maximum Gasteiger partial charge on any atom is 0.311 e. The first-order valence-corrected chi connectivity index (χ1v) is 6.64. The van der Waals surface area contributed by atoms with Crippen LogP contribution < -0.4 is 0 Å². The molecule has 0 saturated carbocycles. The molecule has 1 aliphatic rings. The minimum Gasteiger partial charge on any atom is -0.421 e. The van der Waals surface area contributed by atoms with Gasteiger partial charge in [-0.2, -0.15) is 0 Å². The highest BCUT2D eigenvalue weighted by atomic mass is 79.9. The number of ketones is 2. The maximum absolute atomic E-state index is 12.2. The number of allylic oxidation sites excluding steroid dienone is 2. The zero-order valence-corrected chi connectivity index (χ0v) is 11.8. The van der Waals surface area contributed by atoms with E-state index in [2.05, 4.69) is 15.9 Å². The average molecular weight is 323 g/mol. The highest BCUT2D eigenvalue weighted by Gasteiger charge is 2.33. The molecule has 0 amide bonds. The number of hydrogen-bond acceptors (Lipinski definition) is 4. The van der Waals surface area contributed by atoms with Crippen molar-refractivity contribution in [2.24, 2.45) is 0 Å². The Bertz CT molecular complexity index is 601. The Labute approximate surface area is 118 Å². The smallest absolute Gasteiger partial charge is 0.311 e. The Kier molecular flexibility index (Phi) is 3.95. The standard InChI is InChI=1S/C14H11BrO4/c1-2-5-10(16)19-14-11(15)12(17)8-6-3-4-7-9(8)13(14)18/h3-4,6-7H,2,5H2,1H3. The van der Waals surface area contributed by atoms with Crippen LogP contribution in [0.25, 0.3) is 0 Å². The van der Waals surface area contributed by atoms with E-state index in [0.717, 1.165) is 0 Å². The number of carbonyl (C=O) groups is 3. The van der Waals surface area contributed by atoms with E-state index in [-0.39, 0.29) is 28.0 Å². The molecule has 0 aromatic heterocycles. The molecule has 0 radical (unpaired) electrons. The molecule has 0 bridgehead atoms. The molecule has 98 valence electrons. The zero-order chi connectivity index (χ0) is 14.0. The van der Waals surface area contributed by atoms with E-state index in [4.69, 9.17) is 4.74 Å². The van der Waals surface area contributed by atoms with E-state index in [1.165, 1.54) is 0 Å². The molecule has 1 aliphatic carbocycles. The van der Waals surface area contributed by atoms with Gasteiger partial charge in [0.05, 0.1) is 0 Å². The molecule has 0 aliphatic heterocycles. The third-order valence-corrected chi connectivity index (χ3v) is 3.41. The summed E-state index contributed by atoms with van der Waals surface area (Å²) in [6.07, 6.45) is 0.815. The van der Waals surface area contributed by atoms with Crippen LogP contribution in [0.2, 0.25) is 0 Å². The molecule has 19 heavy (non-hydrogen) atoms. The van der Waals surface area contributed by atoms with Gasteiger partial charge in [-0.1, -0.05) is 31.2 Å². The topological polar surface area (TPSA) is 60.4 Å². The van der Waals surface area contributed by atoms with Crippen molar-refractivity contribution in [3.8, 4) is 0 Å². The lowest BCUT2D eigenvalue weighted by Gasteiger charge is -2.17. The monoisotopic (exact) mass is 322 g/mol. The van der Waals surface area contributed by atoms with Crippen molar-refractivity contribution in [1.29, 1.82) is 0 Å². The van der Waals surface area contributed by atoms with Crippen LogP contribution in [-0.4, -0.2) is 17.5 Å². The molecule has 0 atom stereocenters. The number of esters is 1. The minimum absolute atomic E-state index is 0.000605. The van der Waals surface area contributed by atoms with Gasteiger partial charge in [-0.15, -0.1) is 0 Å². The van der Waals surface area contributed by atoms with Crippen molar-refractivity contribution in [2.45, 2.75) is 19.8 Å². The van der Waals surface area contributed by atoms with Crippen molar-refractivity contribution in [1.82, 2.24) is 0 Å². The summed E-state index contributed by atoms with van der Waals surface area (Å²) in [7, 11) is 0. The van der Waals surface area contributed by atoms with Gasteiger partial charge in [0.2, 0.25) is 11.6 Å². The number of hydrogen-bond donors (Lipinski definition) is 0. The van der Waals surface area contributed by atoms with Crippen molar-refractivity contribution in [2.75, 3.05) is 0 Å². The molecule has 0 unspecified atom stereocenters. The molecule has 4 nitrogen and oxygen atoms in total. The lowest BCUT2D eigenvalue weighted by Crippen LogP contribution is -2.23. The predicted molar refractivity (Wildman–Crippen MR) is 72.1 cm³/mol. The lowest BCUT2D eigenvalue weighted by molar-refractivity contribution is -0.139. The van der Waals surface area contributed by atoms with Gasteiger partial charge in [-0.25, -0.2) is 0 Å². The van der Waals surface area contributed by atoms with E-state index in [9.17, 15) is 14.4 Å². The van der Waals surface area contributed by atoms with Crippen molar-refractivity contribution >= 4 is 33.5 Å². The van der Waals surface area contributed by atoms with E-state index < -0.39 is 11.8 Å². The fourth-order valence-electron chi connectivity index (χ4n) is 1.78. The number of Topliss-reactive ketones (excluding diaryl/α,β-unsaturated/α-hetero) is 2. The Morgan fingerprint density at radius 3 is 2.32 bits per heavy atom. The van der Waals surface area contributed by atoms with Gasteiger partial charge in [-0.05, 0) is 22.4 Å². The first kappa shape index (κ1) is 13.7. The van der Waals surface area contributed by atoms with Crippen LogP contribution in [0, 0.1) is 0 Å². The first-order valence-electron chi connectivity index (χ1n) is 5.85. The molecular formula is C14H11BrO4. The first-order chi connectivity index (χ1) is 9.06. The van der Waals surface area contributed by atoms with E-state index in [1.54, 1.807) is 24.3 Å². The molecule has 1 aromatic carbocycles. The fraction of sp³-hybridized carbons (Fsp3) is 0.214. The van der Waals surface area contributed by atoms with Crippen LogP contribution in [0.4, 0.5) is 0 Å². The number of ether oxygens (including phenoxy) is 1. The maximum atomic E-state index is 12.2. The van der Waals surface area contributed by atoms with Gasteiger partial charge < -0.3 is 4.74 Å². The van der Waals surface area contributed by atoms with Crippen LogP contribution >= 0.6 is 15.9 Å². The normalized spacial score (nSPS) is 14.4. The van der Waals surface area contributed by atoms with Crippen molar-refractivity contribution < 1.29 is 19.1 Å². The minimum atomic E-state index is -0.519. The zero-order valence-electron chi connectivity index (χ0n) is 10.2. The van der Waals surface area contributed by atoms with Crippen LogP contribution in [0.15, 0.2) is 34.5 Å². The SMILES string of the molecule is CCCC(=O)OC1=C(Br)C(=O)c2ccccc2C1=O. The molecule has 0 saturated heterocycles. The van der Waals surface area contributed by atoms with Crippen LogP contribution in [0.1, 0.15) is 40.5 Å². The molecule has 1 aromatic rings. The summed E-state index contributed by atoms with van der Waals surface area (Å²) in [5, 5.41) is 0. The van der Waals surface area contributed by atoms with E-state index >= 15 is 0 Å². The van der Waals surface area contributed by atoms with Gasteiger partial charge in [-0.3, -0.25) is 14.4 Å². The van der Waals surface area contributed by atoms with Gasteiger partial charge in [0.15, 0.2) is 5.76 Å². The average Bonchev–Trinajstić information content (AvgIpc) is 2.41. The number of halogens is 1. The summed E-state index contributed by atoms with van der Waals surface area (Å²) in [5.41, 5.74) is 0.574. The van der Waals surface area contributed by atoms with Gasteiger partial charge in [0.1, 0.15) is 4.48 Å². The molecule has 0 heterocycles. The molecule has 2 rings (SSSR count). The number of benzene rings is 1. The Morgan fingerprint density at radius 1 is 1.16 bits per heavy atom. The van der Waals surface area contributed by atoms with Crippen LogP contribution in [0.3, 0.4) is 0 Å². The molecule has 0 spiro atoms. The second-order valence-electron chi connectivity index (χ2n) is 4.07. The van der Waals surface area contributed by atoms with E-state index in [1.807, 2.05) is 6.92 Å². The highest BCUT2D eigenvalue weighted by Crippen LogP contribution is 2.30. The quantitative estimate of drug-likeness (QED) is 0.802. The molecule has 5 heteroatoms. The second kappa shape index (κ2) is 5.48. The van der Waals surface area contributed by atoms with Crippen molar-refractivity contribution in [3.05, 3.63) is 45.6 Å². The summed E-state index contributed by atoms with van der Waals surface area (Å²) in [5.74, 6) is -1.54. The summed E-state index contributed by atoms with van der Waals surface area (Å²) in [6, 6.07) is 6.46. The summed E-state index contributed by atoms with van der Waals surface area (Å²) in [4.78, 5) is 35.7. The number of rotatable bonds is 3. The fourth-order valence-corrected chi connectivity index (χ4v) is 2.26. The third-order valence-electron chi connectivity index (χ3n) is 2.69. The van der Waals surface area contributed by atoms with Crippen LogP contribution in [-0.2, 0) is 9.53 Å². The van der Waals surface area contributed by atoms with Gasteiger partial charge >= 0.3 is 5.97 Å². The highest BCUT2D eigenvalue weighted by molar-refractivity contribution is 9.12. The van der Waals surface area contributed by atoms with Crippen molar-refractivity contribution in [3.63, 3.8) is 0 Å². The Hall–Kier alpha value is -1.75. The van der Waals surface area contributed by atoms with Gasteiger partial charge in [0.25, 0.3) is 0 Å². The summed E-state index contributed by atoms with van der Waals surface area (Å²) in [6.45, 7) is 1.83. The summed E-state index contributed by atoms with van der Waals surface area (Å²) < 4.78 is 5.01. The molecule has 0 fully saturated rings. The third kappa shape index (κ3) is 2.51. The molecule has 0 N–H and O–H groups in total. The lowest BCUT2D eigenvalue weighted by atomic mass is 9.94. The van der Waals surface area contributed by atoms with E-state index in [0.29, 0.717) is 12.0 Å².